The van der Waals surface area contributed by atoms with Gasteiger partial charge in [-0.05, 0) is 25.5 Å². The zero-order valence-electron chi connectivity index (χ0n) is 9.68. The summed E-state index contributed by atoms with van der Waals surface area (Å²) in [5, 5.41) is 10.2. The van der Waals surface area contributed by atoms with Crippen molar-refractivity contribution >= 4 is 29.3 Å². The molecule has 0 saturated carbocycles. The van der Waals surface area contributed by atoms with E-state index in [-0.39, 0.29) is 5.25 Å². The average molecular weight is 275 g/mol. The average Bonchev–Trinajstić information content (AvgIpc) is 2.20. The molecule has 3 N–H and O–H groups in total. The number of halogens is 1. The molecule has 0 aliphatic rings. The van der Waals surface area contributed by atoms with Gasteiger partial charge in [-0.3, -0.25) is 4.79 Å². The van der Waals surface area contributed by atoms with Crippen molar-refractivity contribution in [1.29, 1.82) is 0 Å². The van der Waals surface area contributed by atoms with Gasteiger partial charge in [-0.2, -0.15) is 0 Å². The number of hydrogen-bond acceptors (Lipinski definition) is 4. The fourth-order valence-corrected chi connectivity index (χ4v) is 2.74. The summed E-state index contributed by atoms with van der Waals surface area (Å²) in [4.78, 5) is 15.0. The van der Waals surface area contributed by atoms with Crippen LogP contribution in [-0.4, -0.2) is 26.8 Å². The van der Waals surface area contributed by atoms with Crippen LogP contribution in [0.15, 0.2) is 23.4 Å². The van der Waals surface area contributed by atoms with Gasteiger partial charge in [-0.1, -0.05) is 18.5 Å². The van der Waals surface area contributed by atoms with Crippen LogP contribution in [0.3, 0.4) is 0 Å². The fraction of sp³-hybridized carbons (Fsp3) is 0.455. The summed E-state index contributed by atoms with van der Waals surface area (Å²) in [5.74, 6) is -1.00. The molecule has 1 heterocycles. The van der Waals surface area contributed by atoms with Gasteiger partial charge >= 0.3 is 5.97 Å². The first-order valence-electron chi connectivity index (χ1n) is 5.12. The second kappa shape index (κ2) is 5.71. The quantitative estimate of drug-likeness (QED) is 0.807. The Balaban J connectivity index is 2.65. The van der Waals surface area contributed by atoms with Crippen LogP contribution < -0.4 is 5.73 Å². The number of aromatic nitrogens is 1. The van der Waals surface area contributed by atoms with E-state index in [0.29, 0.717) is 16.5 Å². The lowest BCUT2D eigenvalue weighted by Crippen LogP contribution is -2.46. The Kier molecular flexibility index (Phi) is 4.80. The minimum absolute atomic E-state index is 0.0218. The largest absolute Gasteiger partial charge is 0.480 e. The molecule has 0 aromatic carbocycles. The number of carboxylic acid groups (broad SMARTS) is 1. The molecule has 1 aromatic heterocycles. The first kappa shape index (κ1) is 14.3. The van der Waals surface area contributed by atoms with Gasteiger partial charge in [-0.15, -0.1) is 11.8 Å². The lowest BCUT2D eigenvalue weighted by Gasteiger charge is -2.22. The molecule has 1 rings (SSSR count). The summed E-state index contributed by atoms with van der Waals surface area (Å²) in [5.41, 5.74) is 4.46. The molecule has 17 heavy (non-hydrogen) atoms. The van der Waals surface area contributed by atoms with Crippen LogP contribution in [0.25, 0.3) is 0 Å². The Bertz CT molecular complexity index is 412. The lowest BCUT2D eigenvalue weighted by molar-refractivity contribution is -0.142. The van der Waals surface area contributed by atoms with Crippen LogP contribution in [0.4, 0.5) is 0 Å². The number of rotatable bonds is 5. The van der Waals surface area contributed by atoms with Gasteiger partial charge in [0.1, 0.15) is 10.6 Å². The topological polar surface area (TPSA) is 76.2 Å². The zero-order valence-corrected chi connectivity index (χ0v) is 11.3. The fourth-order valence-electron chi connectivity index (χ4n) is 1.37. The predicted octanol–water partition coefficient (Wildman–Crippen LogP) is 2.41. The van der Waals surface area contributed by atoms with Gasteiger partial charge in [0.25, 0.3) is 0 Å². The predicted molar refractivity (Wildman–Crippen MR) is 69.4 cm³/mol. The summed E-state index contributed by atoms with van der Waals surface area (Å²) in [6.07, 6.45) is 2.00. The molecule has 0 spiro atoms. The van der Waals surface area contributed by atoms with E-state index in [1.165, 1.54) is 18.7 Å². The Morgan fingerprint density at radius 1 is 1.76 bits per heavy atom. The number of nitrogens with zero attached hydrogens (tertiary/aromatic N) is 1. The van der Waals surface area contributed by atoms with Gasteiger partial charge in [-0.25, -0.2) is 4.98 Å². The molecule has 94 valence electrons. The minimum Gasteiger partial charge on any atom is -0.480 e. The standard InChI is InChI=1S/C11H15ClN2O2S/c1-7(6-11(2,13)10(15)16)17-9-8(12)4-3-5-14-9/h3-5,7H,6,13H2,1-2H3,(H,15,16). The normalized spacial score (nSPS) is 16.2. The number of carboxylic acids is 1. The van der Waals surface area contributed by atoms with Crippen molar-refractivity contribution in [3.05, 3.63) is 23.4 Å². The number of hydrogen-bond donors (Lipinski definition) is 2. The van der Waals surface area contributed by atoms with E-state index >= 15 is 0 Å². The molecule has 0 bridgehead atoms. The maximum Gasteiger partial charge on any atom is 0.323 e. The Morgan fingerprint density at radius 2 is 2.41 bits per heavy atom. The summed E-state index contributed by atoms with van der Waals surface area (Å²) in [6, 6.07) is 3.50. The van der Waals surface area contributed by atoms with Crippen LogP contribution in [0, 0.1) is 0 Å². The van der Waals surface area contributed by atoms with Crippen LogP contribution >= 0.6 is 23.4 Å². The first-order chi connectivity index (χ1) is 7.83. The maximum atomic E-state index is 10.9. The van der Waals surface area contributed by atoms with Crippen molar-refractivity contribution in [2.75, 3.05) is 0 Å². The van der Waals surface area contributed by atoms with Gasteiger partial charge in [0.15, 0.2) is 0 Å². The van der Waals surface area contributed by atoms with Crippen molar-refractivity contribution in [2.24, 2.45) is 5.73 Å². The Labute approximate surface area is 110 Å². The molecule has 4 nitrogen and oxygen atoms in total. The highest BCUT2D eigenvalue weighted by atomic mass is 35.5. The number of pyridine rings is 1. The first-order valence-corrected chi connectivity index (χ1v) is 6.38. The Hall–Kier alpha value is -0.780. The molecular weight excluding hydrogens is 260 g/mol. The maximum absolute atomic E-state index is 10.9. The van der Waals surface area contributed by atoms with Crippen LogP contribution in [0.2, 0.25) is 5.02 Å². The number of aliphatic carboxylic acids is 1. The molecule has 0 radical (unpaired) electrons. The second-order valence-electron chi connectivity index (χ2n) is 4.15. The van der Waals surface area contributed by atoms with Crippen molar-refractivity contribution in [1.82, 2.24) is 4.98 Å². The van der Waals surface area contributed by atoms with Crippen LogP contribution in [0.5, 0.6) is 0 Å². The molecule has 0 amide bonds. The van der Waals surface area contributed by atoms with Crippen LogP contribution in [-0.2, 0) is 4.79 Å². The molecule has 0 aliphatic carbocycles. The van der Waals surface area contributed by atoms with E-state index in [2.05, 4.69) is 4.98 Å². The summed E-state index contributed by atoms with van der Waals surface area (Å²) >= 11 is 7.40. The van der Waals surface area contributed by atoms with E-state index in [1.807, 2.05) is 6.92 Å². The number of nitrogens with two attached hydrogens (primary N) is 1. The van der Waals surface area contributed by atoms with Crippen molar-refractivity contribution in [3.8, 4) is 0 Å². The molecule has 2 unspecified atom stereocenters. The molecule has 0 saturated heterocycles. The zero-order chi connectivity index (χ0) is 13.1. The molecule has 0 fully saturated rings. The molecule has 1 aromatic rings. The molecule has 0 aliphatic heterocycles. The molecule has 6 heteroatoms. The number of thioether (sulfide) groups is 1. The van der Waals surface area contributed by atoms with E-state index in [9.17, 15) is 4.79 Å². The SMILES string of the molecule is CC(CC(C)(N)C(=O)O)Sc1ncccc1Cl. The van der Waals surface area contributed by atoms with Gasteiger partial charge in [0, 0.05) is 11.4 Å². The highest BCUT2D eigenvalue weighted by Gasteiger charge is 2.30. The summed E-state index contributed by atoms with van der Waals surface area (Å²) in [6.45, 7) is 3.41. The lowest BCUT2D eigenvalue weighted by atomic mass is 9.98. The van der Waals surface area contributed by atoms with E-state index in [0.717, 1.165) is 0 Å². The van der Waals surface area contributed by atoms with Gasteiger partial charge < -0.3 is 10.8 Å². The highest BCUT2D eigenvalue weighted by molar-refractivity contribution is 7.99. The monoisotopic (exact) mass is 274 g/mol. The number of carbonyl (C=O) groups is 1. The van der Waals surface area contributed by atoms with Crippen molar-refractivity contribution in [2.45, 2.75) is 36.1 Å². The van der Waals surface area contributed by atoms with E-state index < -0.39 is 11.5 Å². The third-order valence-corrected chi connectivity index (χ3v) is 3.77. The summed E-state index contributed by atoms with van der Waals surface area (Å²) in [7, 11) is 0. The minimum atomic E-state index is -1.23. The van der Waals surface area contributed by atoms with Crippen LogP contribution in [0.1, 0.15) is 20.3 Å². The smallest absolute Gasteiger partial charge is 0.323 e. The van der Waals surface area contributed by atoms with Gasteiger partial charge in [0.05, 0.1) is 5.02 Å². The summed E-state index contributed by atoms with van der Waals surface area (Å²) < 4.78 is 0. The Morgan fingerprint density at radius 3 is 2.94 bits per heavy atom. The van der Waals surface area contributed by atoms with Gasteiger partial charge in [0.2, 0.25) is 0 Å². The third-order valence-electron chi connectivity index (χ3n) is 2.24. The molecular formula is C11H15ClN2O2S. The van der Waals surface area contributed by atoms with E-state index in [4.69, 9.17) is 22.4 Å². The highest BCUT2D eigenvalue weighted by Crippen LogP contribution is 2.31. The third kappa shape index (κ3) is 4.18. The van der Waals surface area contributed by atoms with Crippen molar-refractivity contribution in [3.63, 3.8) is 0 Å². The van der Waals surface area contributed by atoms with Crippen molar-refractivity contribution < 1.29 is 9.90 Å². The molecule has 2 atom stereocenters. The van der Waals surface area contributed by atoms with E-state index in [1.54, 1.807) is 18.3 Å². The second-order valence-corrected chi connectivity index (χ2v) is 5.98.